The minimum Gasteiger partial charge on any atom is -0.370 e. The first-order chi connectivity index (χ1) is 9.83. The lowest BCUT2D eigenvalue weighted by Gasteiger charge is -2.16. The normalized spacial score (nSPS) is 27.9. The number of aromatic nitrogens is 2. The number of hydrogen-bond donors (Lipinski definition) is 1. The molecule has 2 saturated carbocycles. The van der Waals surface area contributed by atoms with Crippen molar-refractivity contribution >= 4 is 0 Å². The second-order valence-corrected chi connectivity index (χ2v) is 5.91. The zero-order chi connectivity index (χ0) is 13.9. The van der Waals surface area contributed by atoms with Gasteiger partial charge in [0.05, 0.1) is 5.92 Å². The molecule has 0 spiro atoms. The SMILES string of the molecule is CCNC1CCCC1c1nc(C(OCC)C2CC2)no1. The summed E-state index contributed by atoms with van der Waals surface area (Å²) in [5, 5.41) is 7.73. The van der Waals surface area contributed by atoms with Gasteiger partial charge in [0.1, 0.15) is 6.10 Å². The first-order valence-electron chi connectivity index (χ1n) is 8.02. The molecule has 3 unspecified atom stereocenters. The number of hydrogen-bond acceptors (Lipinski definition) is 5. The summed E-state index contributed by atoms with van der Waals surface area (Å²) >= 11 is 0. The van der Waals surface area contributed by atoms with Crippen LogP contribution in [0.2, 0.25) is 0 Å². The molecular weight excluding hydrogens is 254 g/mol. The Morgan fingerprint density at radius 2 is 2.15 bits per heavy atom. The van der Waals surface area contributed by atoms with E-state index in [0.29, 0.717) is 24.5 Å². The predicted octanol–water partition coefficient (Wildman–Crippen LogP) is 2.80. The van der Waals surface area contributed by atoms with Crippen LogP contribution in [0.3, 0.4) is 0 Å². The number of ether oxygens (including phenoxy) is 1. The van der Waals surface area contributed by atoms with Crippen molar-refractivity contribution in [2.24, 2.45) is 5.92 Å². The standard InChI is InChI=1S/C15H25N3O2/c1-3-16-12-7-5-6-11(12)15-17-14(18-20-15)13(19-4-2)10-8-9-10/h10-13,16H,3-9H2,1-2H3. The maximum atomic E-state index is 5.80. The molecule has 0 radical (unpaired) electrons. The molecule has 112 valence electrons. The van der Waals surface area contributed by atoms with Gasteiger partial charge in [-0.15, -0.1) is 0 Å². The lowest BCUT2D eigenvalue weighted by atomic mass is 10.0. The highest BCUT2D eigenvalue weighted by Crippen LogP contribution is 2.43. The van der Waals surface area contributed by atoms with E-state index >= 15 is 0 Å². The van der Waals surface area contributed by atoms with Gasteiger partial charge in [0.25, 0.3) is 0 Å². The molecule has 0 aromatic carbocycles. The van der Waals surface area contributed by atoms with Crippen LogP contribution in [0, 0.1) is 5.92 Å². The van der Waals surface area contributed by atoms with E-state index in [4.69, 9.17) is 9.26 Å². The lowest BCUT2D eigenvalue weighted by Crippen LogP contribution is -2.31. The van der Waals surface area contributed by atoms with Crippen molar-refractivity contribution in [3.63, 3.8) is 0 Å². The minimum absolute atomic E-state index is 0.0384. The van der Waals surface area contributed by atoms with E-state index in [9.17, 15) is 0 Å². The van der Waals surface area contributed by atoms with E-state index < -0.39 is 0 Å². The number of nitrogens with zero attached hydrogens (tertiary/aromatic N) is 2. The van der Waals surface area contributed by atoms with E-state index in [0.717, 1.165) is 24.7 Å². The van der Waals surface area contributed by atoms with Gasteiger partial charge in [-0.05, 0) is 45.1 Å². The second-order valence-electron chi connectivity index (χ2n) is 5.91. The van der Waals surface area contributed by atoms with Gasteiger partial charge in [-0.1, -0.05) is 18.5 Å². The van der Waals surface area contributed by atoms with Crippen LogP contribution in [0.4, 0.5) is 0 Å². The number of likely N-dealkylation sites (N-methyl/N-ethyl adjacent to an activating group) is 1. The van der Waals surface area contributed by atoms with Gasteiger partial charge in [-0.3, -0.25) is 0 Å². The molecule has 20 heavy (non-hydrogen) atoms. The van der Waals surface area contributed by atoms with E-state index in [1.54, 1.807) is 0 Å². The quantitative estimate of drug-likeness (QED) is 0.831. The molecule has 1 aromatic rings. The van der Waals surface area contributed by atoms with Crippen molar-refractivity contribution in [3.05, 3.63) is 11.7 Å². The van der Waals surface area contributed by atoms with Crippen molar-refractivity contribution < 1.29 is 9.26 Å². The van der Waals surface area contributed by atoms with Gasteiger partial charge in [-0.2, -0.15) is 4.98 Å². The fraction of sp³-hybridized carbons (Fsp3) is 0.867. The monoisotopic (exact) mass is 279 g/mol. The fourth-order valence-electron chi connectivity index (χ4n) is 3.28. The highest BCUT2D eigenvalue weighted by molar-refractivity contribution is 5.05. The molecule has 2 fully saturated rings. The summed E-state index contributed by atoms with van der Waals surface area (Å²) in [5.41, 5.74) is 0. The molecule has 0 bridgehead atoms. The van der Waals surface area contributed by atoms with Crippen LogP contribution in [0.25, 0.3) is 0 Å². The van der Waals surface area contributed by atoms with E-state index in [1.165, 1.54) is 25.7 Å². The maximum Gasteiger partial charge on any atom is 0.231 e. The molecule has 3 rings (SSSR count). The van der Waals surface area contributed by atoms with Crippen LogP contribution < -0.4 is 5.32 Å². The van der Waals surface area contributed by atoms with Gasteiger partial charge in [-0.25, -0.2) is 0 Å². The summed E-state index contributed by atoms with van der Waals surface area (Å²) in [7, 11) is 0. The topological polar surface area (TPSA) is 60.2 Å². The van der Waals surface area contributed by atoms with Crippen LogP contribution >= 0.6 is 0 Å². The molecule has 3 atom stereocenters. The third-order valence-electron chi connectivity index (χ3n) is 4.41. The summed E-state index contributed by atoms with van der Waals surface area (Å²) in [6.45, 7) is 5.86. The molecule has 5 nitrogen and oxygen atoms in total. The predicted molar refractivity (Wildman–Crippen MR) is 75.4 cm³/mol. The Kier molecular flexibility index (Phi) is 4.36. The van der Waals surface area contributed by atoms with Gasteiger partial charge in [0.2, 0.25) is 11.7 Å². The zero-order valence-electron chi connectivity index (χ0n) is 12.5. The van der Waals surface area contributed by atoms with E-state index in [-0.39, 0.29) is 6.10 Å². The summed E-state index contributed by atoms with van der Waals surface area (Å²) in [6.07, 6.45) is 6.06. The first kappa shape index (κ1) is 14.0. The number of rotatable bonds is 7. The Balaban J connectivity index is 1.72. The smallest absolute Gasteiger partial charge is 0.231 e. The Labute approximate surface area is 120 Å². The summed E-state index contributed by atoms with van der Waals surface area (Å²) in [5.74, 6) is 2.52. The molecule has 1 heterocycles. The lowest BCUT2D eigenvalue weighted by molar-refractivity contribution is 0.0384. The Morgan fingerprint density at radius 1 is 1.30 bits per heavy atom. The summed E-state index contributed by atoms with van der Waals surface area (Å²) < 4.78 is 11.4. The van der Waals surface area contributed by atoms with Crippen LogP contribution in [0.1, 0.15) is 69.7 Å². The second kappa shape index (κ2) is 6.22. The van der Waals surface area contributed by atoms with E-state index in [2.05, 4.69) is 22.4 Å². The van der Waals surface area contributed by atoms with Crippen molar-refractivity contribution in [1.29, 1.82) is 0 Å². The highest BCUT2D eigenvalue weighted by atomic mass is 16.5. The Bertz CT molecular complexity index is 431. The van der Waals surface area contributed by atoms with Crippen molar-refractivity contribution in [2.45, 2.75) is 64.0 Å². The molecule has 0 saturated heterocycles. The van der Waals surface area contributed by atoms with Crippen LogP contribution in [-0.2, 0) is 4.74 Å². The number of nitrogens with one attached hydrogen (secondary N) is 1. The highest BCUT2D eigenvalue weighted by Gasteiger charge is 2.38. The molecular formula is C15H25N3O2. The summed E-state index contributed by atoms with van der Waals surface area (Å²) in [6, 6.07) is 0.486. The largest absolute Gasteiger partial charge is 0.370 e. The van der Waals surface area contributed by atoms with E-state index in [1.807, 2.05) is 6.92 Å². The van der Waals surface area contributed by atoms with Crippen LogP contribution in [-0.4, -0.2) is 29.3 Å². The molecule has 2 aliphatic carbocycles. The molecule has 0 amide bonds. The molecule has 2 aliphatic rings. The van der Waals surface area contributed by atoms with Gasteiger partial charge in [0, 0.05) is 12.6 Å². The van der Waals surface area contributed by atoms with Gasteiger partial charge in [0.15, 0.2) is 0 Å². The third-order valence-corrected chi connectivity index (χ3v) is 4.41. The molecule has 1 aromatic heterocycles. The molecule has 0 aliphatic heterocycles. The van der Waals surface area contributed by atoms with Gasteiger partial charge >= 0.3 is 0 Å². The Hall–Kier alpha value is -0.940. The van der Waals surface area contributed by atoms with Crippen molar-refractivity contribution in [3.8, 4) is 0 Å². The zero-order valence-corrected chi connectivity index (χ0v) is 12.5. The van der Waals surface area contributed by atoms with Crippen LogP contribution in [0.15, 0.2) is 4.52 Å². The first-order valence-corrected chi connectivity index (χ1v) is 8.02. The average molecular weight is 279 g/mol. The Morgan fingerprint density at radius 3 is 2.85 bits per heavy atom. The van der Waals surface area contributed by atoms with Crippen molar-refractivity contribution in [1.82, 2.24) is 15.5 Å². The summed E-state index contributed by atoms with van der Waals surface area (Å²) in [4.78, 5) is 4.66. The third kappa shape index (κ3) is 2.88. The van der Waals surface area contributed by atoms with Crippen LogP contribution in [0.5, 0.6) is 0 Å². The van der Waals surface area contributed by atoms with Crippen molar-refractivity contribution in [2.75, 3.05) is 13.2 Å². The average Bonchev–Trinajstić information content (AvgIpc) is 2.98. The fourth-order valence-corrected chi connectivity index (χ4v) is 3.28. The molecule has 5 heteroatoms. The molecule has 1 N–H and O–H groups in total. The van der Waals surface area contributed by atoms with Gasteiger partial charge < -0.3 is 14.6 Å². The maximum absolute atomic E-state index is 5.80. The minimum atomic E-state index is 0.0384.